The highest BCUT2D eigenvalue weighted by atomic mass is 35.5. The average molecular weight is 518 g/mol. The Morgan fingerprint density at radius 2 is 1.83 bits per heavy atom. The third-order valence-electron chi connectivity index (χ3n) is 5.49. The second-order valence-corrected chi connectivity index (χ2v) is 8.73. The highest BCUT2D eigenvalue weighted by molar-refractivity contribution is 6.35. The highest BCUT2D eigenvalue weighted by Gasteiger charge is 2.14. The molecule has 6 nitrogen and oxygen atoms in total. The van der Waals surface area contributed by atoms with E-state index < -0.39 is 11.9 Å². The van der Waals surface area contributed by atoms with Crippen LogP contribution in [0.5, 0.6) is 0 Å². The number of nitriles is 1. The molecular formula is C28H21Cl2N3O3. The Morgan fingerprint density at radius 3 is 2.53 bits per heavy atom. The van der Waals surface area contributed by atoms with E-state index in [1.165, 1.54) is 0 Å². The van der Waals surface area contributed by atoms with E-state index in [0.29, 0.717) is 27.8 Å². The third kappa shape index (κ3) is 5.60. The van der Waals surface area contributed by atoms with Crippen LogP contribution in [0.15, 0.2) is 78.5 Å². The number of halogens is 2. The number of esters is 1. The van der Waals surface area contributed by atoms with Crippen molar-refractivity contribution in [3.63, 3.8) is 0 Å². The summed E-state index contributed by atoms with van der Waals surface area (Å²) in [5.41, 5.74) is 3.31. The van der Waals surface area contributed by atoms with Gasteiger partial charge in [-0.25, -0.2) is 4.79 Å². The number of aromatic nitrogens is 1. The number of benzene rings is 3. The first kappa shape index (κ1) is 25.1. The summed E-state index contributed by atoms with van der Waals surface area (Å²) in [7, 11) is 0. The maximum Gasteiger partial charge on any atom is 0.338 e. The number of nitrogens with zero attached hydrogens (tertiary/aromatic N) is 2. The molecule has 0 aliphatic heterocycles. The SMILES string of the molecule is CCOC(=O)c1ccc(NC(=O)/C(C#N)=C/c2cn(Cc3ccc(Cl)cc3Cl)c3ccccc23)cc1. The van der Waals surface area contributed by atoms with Crippen LogP contribution >= 0.6 is 23.2 Å². The van der Waals surface area contributed by atoms with Gasteiger partial charge >= 0.3 is 5.97 Å². The number of carbonyl (C=O) groups excluding carboxylic acids is 2. The highest BCUT2D eigenvalue weighted by Crippen LogP contribution is 2.27. The Bertz CT molecular complexity index is 1520. The van der Waals surface area contributed by atoms with Gasteiger partial charge in [-0.1, -0.05) is 47.5 Å². The zero-order chi connectivity index (χ0) is 25.7. The molecule has 4 rings (SSSR count). The zero-order valence-electron chi connectivity index (χ0n) is 19.3. The molecule has 180 valence electrons. The minimum atomic E-state index is -0.557. The average Bonchev–Trinajstić information content (AvgIpc) is 3.22. The van der Waals surface area contributed by atoms with Gasteiger partial charge in [-0.05, 0) is 61.0 Å². The van der Waals surface area contributed by atoms with Crippen LogP contribution in [0.4, 0.5) is 5.69 Å². The minimum absolute atomic E-state index is 0.0584. The lowest BCUT2D eigenvalue weighted by Gasteiger charge is -2.08. The van der Waals surface area contributed by atoms with Crippen molar-refractivity contribution in [1.29, 1.82) is 5.26 Å². The molecule has 1 heterocycles. The summed E-state index contributed by atoms with van der Waals surface area (Å²) in [5, 5.41) is 14.4. The molecule has 0 radical (unpaired) electrons. The van der Waals surface area contributed by atoms with Gasteiger partial charge < -0.3 is 14.6 Å². The number of nitrogens with one attached hydrogen (secondary N) is 1. The molecule has 36 heavy (non-hydrogen) atoms. The van der Waals surface area contributed by atoms with Gasteiger partial charge in [0.2, 0.25) is 0 Å². The predicted octanol–water partition coefficient (Wildman–Crippen LogP) is 6.72. The summed E-state index contributed by atoms with van der Waals surface area (Å²) in [5.74, 6) is -0.997. The van der Waals surface area contributed by atoms with Crippen molar-refractivity contribution in [2.24, 2.45) is 0 Å². The van der Waals surface area contributed by atoms with Crippen LogP contribution in [0.25, 0.3) is 17.0 Å². The number of ether oxygens (including phenoxy) is 1. The summed E-state index contributed by atoms with van der Waals surface area (Å²) in [6, 6.07) is 21.3. The van der Waals surface area contributed by atoms with Crippen molar-refractivity contribution in [3.8, 4) is 6.07 Å². The maximum absolute atomic E-state index is 12.8. The fraction of sp³-hybridized carbons (Fsp3) is 0.107. The van der Waals surface area contributed by atoms with Gasteiger partial charge in [0.15, 0.2) is 0 Å². The van der Waals surface area contributed by atoms with Crippen molar-refractivity contribution in [1.82, 2.24) is 4.57 Å². The predicted molar refractivity (Wildman–Crippen MR) is 142 cm³/mol. The van der Waals surface area contributed by atoms with Crippen LogP contribution in [-0.2, 0) is 16.1 Å². The fourth-order valence-electron chi connectivity index (χ4n) is 3.76. The number of para-hydroxylation sites is 1. The quantitative estimate of drug-likeness (QED) is 0.167. The van der Waals surface area contributed by atoms with Gasteiger partial charge in [-0.3, -0.25) is 4.79 Å². The molecule has 8 heteroatoms. The minimum Gasteiger partial charge on any atom is -0.462 e. The Kier molecular flexibility index (Phi) is 7.74. The first-order chi connectivity index (χ1) is 17.4. The standard InChI is InChI=1S/C28H21Cl2N3O3/c1-2-36-28(35)18-8-11-23(12-9-18)32-27(34)20(15-31)13-21-17-33(26-6-4-3-5-24(21)26)16-19-7-10-22(29)14-25(19)30/h3-14,17H,2,16H2,1H3,(H,32,34)/b20-13+. The molecule has 0 spiro atoms. The van der Waals surface area contributed by atoms with Gasteiger partial charge in [0, 0.05) is 44.9 Å². The van der Waals surface area contributed by atoms with Crippen molar-refractivity contribution in [2.75, 3.05) is 11.9 Å². The summed E-state index contributed by atoms with van der Waals surface area (Å²) in [6.45, 7) is 2.49. The third-order valence-corrected chi connectivity index (χ3v) is 6.08. The molecule has 4 aromatic rings. The van der Waals surface area contributed by atoms with Gasteiger partial charge in [-0.2, -0.15) is 5.26 Å². The second-order valence-electron chi connectivity index (χ2n) is 7.89. The number of hydrogen-bond acceptors (Lipinski definition) is 4. The number of carbonyl (C=O) groups is 2. The molecule has 0 aliphatic rings. The van der Waals surface area contributed by atoms with E-state index in [1.54, 1.807) is 49.4 Å². The van der Waals surface area contributed by atoms with E-state index in [1.807, 2.05) is 47.2 Å². The van der Waals surface area contributed by atoms with E-state index in [0.717, 1.165) is 22.0 Å². The van der Waals surface area contributed by atoms with Gasteiger partial charge in [0.1, 0.15) is 11.6 Å². The molecule has 0 fully saturated rings. The van der Waals surface area contributed by atoms with E-state index in [2.05, 4.69) is 5.32 Å². The Labute approximate surface area is 218 Å². The topological polar surface area (TPSA) is 84.1 Å². The van der Waals surface area contributed by atoms with Crippen LogP contribution in [0.3, 0.4) is 0 Å². The lowest BCUT2D eigenvalue weighted by atomic mass is 10.1. The van der Waals surface area contributed by atoms with Crippen molar-refractivity contribution in [2.45, 2.75) is 13.5 Å². The number of rotatable bonds is 7. The fourth-order valence-corrected chi connectivity index (χ4v) is 4.23. The van der Waals surface area contributed by atoms with E-state index in [4.69, 9.17) is 27.9 Å². The Morgan fingerprint density at radius 1 is 1.08 bits per heavy atom. The summed E-state index contributed by atoms with van der Waals surface area (Å²) >= 11 is 12.4. The monoisotopic (exact) mass is 517 g/mol. The first-order valence-corrected chi connectivity index (χ1v) is 11.9. The lowest BCUT2D eigenvalue weighted by molar-refractivity contribution is -0.112. The lowest BCUT2D eigenvalue weighted by Crippen LogP contribution is -2.13. The molecule has 0 atom stereocenters. The number of amides is 1. The molecule has 3 aromatic carbocycles. The number of fused-ring (bicyclic) bond motifs is 1. The van der Waals surface area contributed by atoms with Crippen LogP contribution in [0, 0.1) is 11.3 Å². The smallest absolute Gasteiger partial charge is 0.338 e. The zero-order valence-corrected chi connectivity index (χ0v) is 20.8. The maximum atomic E-state index is 12.8. The molecule has 0 aliphatic carbocycles. The Balaban J connectivity index is 1.60. The molecule has 1 amide bonds. The van der Waals surface area contributed by atoms with Gasteiger partial charge in [0.05, 0.1) is 12.2 Å². The van der Waals surface area contributed by atoms with E-state index in [-0.39, 0.29) is 12.2 Å². The molecule has 1 aromatic heterocycles. The van der Waals surface area contributed by atoms with E-state index >= 15 is 0 Å². The molecule has 0 saturated heterocycles. The number of hydrogen-bond donors (Lipinski definition) is 1. The van der Waals surface area contributed by atoms with Crippen LogP contribution in [0.1, 0.15) is 28.4 Å². The van der Waals surface area contributed by atoms with Crippen molar-refractivity contribution >= 4 is 57.7 Å². The van der Waals surface area contributed by atoms with Crippen LogP contribution in [-0.4, -0.2) is 23.1 Å². The van der Waals surface area contributed by atoms with E-state index in [9.17, 15) is 14.9 Å². The molecule has 0 bridgehead atoms. The number of anilines is 1. The van der Waals surface area contributed by atoms with Crippen molar-refractivity contribution < 1.29 is 14.3 Å². The van der Waals surface area contributed by atoms with Crippen LogP contribution < -0.4 is 5.32 Å². The molecular weight excluding hydrogens is 497 g/mol. The molecule has 1 N–H and O–H groups in total. The summed E-state index contributed by atoms with van der Waals surface area (Å²) < 4.78 is 6.97. The summed E-state index contributed by atoms with van der Waals surface area (Å²) in [6.07, 6.45) is 3.44. The molecule has 0 unspecified atom stereocenters. The van der Waals surface area contributed by atoms with Crippen LogP contribution in [0.2, 0.25) is 10.0 Å². The largest absolute Gasteiger partial charge is 0.462 e. The summed E-state index contributed by atoms with van der Waals surface area (Å²) in [4.78, 5) is 24.7. The molecule has 0 saturated carbocycles. The van der Waals surface area contributed by atoms with Gasteiger partial charge in [-0.15, -0.1) is 0 Å². The normalized spacial score (nSPS) is 11.2. The van der Waals surface area contributed by atoms with Crippen molar-refractivity contribution in [3.05, 3.63) is 105 Å². The first-order valence-electron chi connectivity index (χ1n) is 11.1. The Hall–Kier alpha value is -4.05. The van der Waals surface area contributed by atoms with Gasteiger partial charge in [0.25, 0.3) is 5.91 Å². The second kappa shape index (κ2) is 11.1.